The minimum atomic E-state index is -0.192. The van der Waals surface area contributed by atoms with Crippen LogP contribution < -0.4 is 20.7 Å². The third-order valence-corrected chi connectivity index (χ3v) is 7.43. The van der Waals surface area contributed by atoms with Crippen molar-refractivity contribution < 1.29 is 14.3 Å². The zero-order chi connectivity index (χ0) is 25.8. The van der Waals surface area contributed by atoms with Crippen LogP contribution in [0.5, 0.6) is 5.75 Å². The summed E-state index contributed by atoms with van der Waals surface area (Å²) in [5.41, 5.74) is 5.30. The summed E-state index contributed by atoms with van der Waals surface area (Å²) in [5, 5.41) is 9.96. The van der Waals surface area contributed by atoms with E-state index >= 15 is 0 Å². The molecule has 37 heavy (non-hydrogen) atoms. The number of ether oxygens (including phenoxy) is 1. The summed E-state index contributed by atoms with van der Waals surface area (Å²) in [6.07, 6.45) is 4.50. The lowest BCUT2D eigenvalue weighted by Crippen LogP contribution is -2.36. The molecule has 1 saturated heterocycles. The highest BCUT2D eigenvalue weighted by Gasteiger charge is 2.29. The molecule has 1 fully saturated rings. The van der Waals surface area contributed by atoms with Crippen molar-refractivity contribution in [1.29, 1.82) is 0 Å². The number of nitrogens with zero attached hydrogens (tertiary/aromatic N) is 1. The van der Waals surface area contributed by atoms with Gasteiger partial charge >= 0.3 is 6.03 Å². The summed E-state index contributed by atoms with van der Waals surface area (Å²) >= 11 is 6.66. The van der Waals surface area contributed by atoms with Crippen molar-refractivity contribution in [1.82, 2.24) is 25.8 Å². The van der Waals surface area contributed by atoms with Crippen molar-refractivity contribution in [2.45, 2.75) is 45.7 Å². The Bertz CT molecular complexity index is 1300. The first-order valence-electron chi connectivity index (χ1n) is 13.2. The molecule has 8 nitrogen and oxygen atoms in total. The maximum absolute atomic E-state index is 12.8. The molecule has 3 heterocycles. The zero-order valence-electron chi connectivity index (χ0n) is 21.2. The van der Waals surface area contributed by atoms with E-state index in [1.165, 1.54) is 24.8 Å². The summed E-state index contributed by atoms with van der Waals surface area (Å²) in [6, 6.07) is 10.3. The van der Waals surface area contributed by atoms with Crippen LogP contribution in [0.4, 0.5) is 4.79 Å². The van der Waals surface area contributed by atoms with Gasteiger partial charge in [0, 0.05) is 53.9 Å². The number of halogens is 1. The standard InChI is InChI=1S/C28H34ClN5O3/c1-2-30-28(36)31-9-6-12-37-24-15-20(25-21(26(24)29)16-32-27(25)35)23-14-19-13-18(7-8-22(19)33-23)17-34-10-4-3-5-11-34/h7-8,13-15,33H,2-6,9-12,16-17H2,1H3,(H,32,35)(H2,30,31,36). The van der Waals surface area contributed by atoms with Crippen LogP contribution in [0.15, 0.2) is 30.3 Å². The van der Waals surface area contributed by atoms with Crippen LogP contribution in [-0.2, 0) is 13.1 Å². The number of aromatic amines is 1. The van der Waals surface area contributed by atoms with Gasteiger partial charge in [-0.15, -0.1) is 0 Å². The van der Waals surface area contributed by atoms with Gasteiger partial charge in [-0.25, -0.2) is 4.79 Å². The Morgan fingerprint density at radius 1 is 1.14 bits per heavy atom. The van der Waals surface area contributed by atoms with Crippen LogP contribution in [0.25, 0.3) is 22.2 Å². The Hall–Kier alpha value is -3.23. The van der Waals surface area contributed by atoms with Gasteiger partial charge in [-0.2, -0.15) is 0 Å². The van der Waals surface area contributed by atoms with Crippen LogP contribution in [0.3, 0.4) is 0 Å². The van der Waals surface area contributed by atoms with E-state index in [4.69, 9.17) is 16.3 Å². The van der Waals surface area contributed by atoms with Gasteiger partial charge in [-0.3, -0.25) is 9.69 Å². The number of urea groups is 1. The summed E-state index contributed by atoms with van der Waals surface area (Å²) in [4.78, 5) is 30.3. The topological polar surface area (TPSA) is 98.5 Å². The first kappa shape index (κ1) is 25.4. The number of carbonyl (C=O) groups excluding carboxylic acids is 2. The number of amides is 3. The number of piperidine rings is 1. The number of likely N-dealkylation sites (tertiary alicyclic amines) is 1. The van der Waals surface area contributed by atoms with Gasteiger partial charge < -0.3 is 25.7 Å². The molecule has 0 bridgehead atoms. The van der Waals surface area contributed by atoms with Gasteiger partial charge in [0.1, 0.15) is 5.75 Å². The molecule has 2 aliphatic heterocycles. The number of carbonyl (C=O) groups is 2. The Morgan fingerprint density at radius 3 is 2.78 bits per heavy atom. The predicted octanol–water partition coefficient (Wildman–Crippen LogP) is 4.81. The zero-order valence-corrected chi connectivity index (χ0v) is 22.0. The van der Waals surface area contributed by atoms with Crippen molar-refractivity contribution >= 4 is 34.4 Å². The van der Waals surface area contributed by atoms with E-state index in [1.807, 2.05) is 13.0 Å². The molecule has 0 atom stereocenters. The monoisotopic (exact) mass is 523 g/mol. The summed E-state index contributed by atoms with van der Waals surface area (Å²) in [5.74, 6) is 0.406. The molecule has 1 aromatic heterocycles. The van der Waals surface area contributed by atoms with Crippen LogP contribution in [0, 0.1) is 0 Å². The fourth-order valence-corrected chi connectivity index (χ4v) is 5.44. The number of H-pyrrole nitrogens is 1. The number of benzene rings is 2. The third-order valence-electron chi connectivity index (χ3n) is 7.01. The fraction of sp³-hybridized carbons (Fsp3) is 0.429. The Balaban J connectivity index is 1.36. The molecule has 0 unspecified atom stereocenters. The molecule has 196 valence electrons. The second-order valence-electron chi connectivity index (χ2n) is 9.70. The molecular formula is C28H34ClN5O3. The molecule has 3 amide bonds. The number of nitrogens with one attached hydrogen (secondary N) is 4. The average Bonchev–Trinajstić information content (AvgIpc) is 3.50. The van der Waals surface area contributed by atoms with Crippen molar-refractivity contribution in [2.24, 2.45) is 0 Å². The smallest absolute Gasteiger partial charge is 0.314 e. The first-order chi connectivity index (χ1) is 18.0. The van der Waals surface area contributed by atoms with Crippen molar-refractivity contribution in [3.05, 3.63) is 52.0 Å². The van der Waals surface area contributed by atoms with Crippen LogP contribution in [-0.4, -0.2) is 54.6 Å². The van der Waals surface area contributed by atoms with Crippen LogP contribution >= 0.6 is 11.6 Å². The maximum atomic E-state index is 12.8. The Morgan fingerprint density at radius 2 is 1.97 bits per heavy atom. The molecule has 5 rings (SSSR count). The van der Waals surface area contributed by atoms with Gasteiger partial charge in [0.2, 0.25) is 0 Å². The van der Waals surface area contributed by atoms with Crippen molar-refractivity contribution in [3.63, 3.8) is 0 Å². The number of hydrogen-bond donors (Lipinski definition) is 4. The third kappa shape index (κ3) is 5.70. The molecule has 0 radical (unpaired) electrons. The van der Waals surface area contributed by atoms with E-state index in [0.717, 1.165) is 47.4 Å². The summed E-state index contributed by atoms with van der Waals surface area (Å²) in [6.45, 7) is 6.98. The normalized spacial score (nSPS) is 15.5. The van der Waals surface area contributed by atoms with Crippen molar-refractivity contribution in [2.75, 3.05) is 32.8 Å². The van der Waals surface area contributed by atoms with E-state index < -0.39 is 0 Å². The van der Waals surface area contributed by atoms with E-state index in [-0.39, 0.29) is 11.9 Å². The molecule has 2 aromatic carbocycles. The van der Waals surface area contributed by atoms with Gasteiger partial charge in [-0.1, -0.05) is 24.1 Å². The minimum absolute atomic E-state index is 0.131. The Kier molecular flexibility index (Phi) is 7.86. The molecule has 0 saturated carbocycles. The highest BCUT2D eigenvalue weighted by atomic mass is 35.5. The number of hydrogen-bond acceptors (Lipinski definition) is 4. The number of rotatable bonds is 9. The lowest BCUT2D eigenvalue weighted by atomic mass is 9.99. The van der Waals surface area contributed by atoms with Crippen LogP contribution in [0.1, 0.15) is 54.1 Å². The SMILES string of the molecule is CCNC(=O)NCCCOc1cc(-c2cc3cc(CN4CCCCC4)ccc3[nH]2)c2c(c1Cl)CNC2=O. The van der Waals surface area contributed by atoms with Crippen molar-refractivity contribution in [3.8, 4) is 17.0 Å². The van der Waals surface area contributed by atoms with Gasteiger partial charge in [-0.05, 0) is 69.1 Å². The van der Waals surface area contributed by atoms with Crippen LogP contribution in [0.2, 0.25) is 5.02 Å². The second-order valence-corrected chi connectivity index (χ2v) is 10.1. The Labute approximate surface area is 222 Å². The molecule has 4 N–H and O–H groups in total. The summed E-state index contributed by atoms with van der Waals surface area (Å²) in [7, 11) is 0. The van der Waals surface area contributed by atoms with Gasteiger partial charge in [0.25, 0.3) is 5.91 Å². The predicted molar refractivity (Wildman–Crippen MR) is 146 cm³/mol. The van der Waals surface area contributed by atoms with E-state index in [1.54, 1.807) is 0 Å². The second kappa shape index (κ2) is 11.4. The van der Waals surface area contributed by atoms with E-state index in [2.05, 4.69) is 50.1 Å². The quantitative estimate of drug-likeness (QED) is 0.303. The van der Waals surface area contributed by atoms with E-state index in [0.29, 0.717) is 49.0 Å². The highest BCUT2D eigenvalue weighted by molar-refractivity contribution is 6.34. The van der Waals surface area contributed by atoms with Gasteiger partial charge in [0.05, 0.1) is 17.2 Å². The molecule has 0 spiro atoms. The molecule has 0 aliphatic carbocycles. The lowest BCUT2D eigenvalue weighted by Gasteiger charge is -2.26. The number of fused-ring (bicyclic) bond motifs is 2. The first-order valence-corrected chi connectivity index (χ1v) is 13.5. The largest absolute Gasteiger partial charge is 0.492 e. The minimum Gasteiger partial charge on any atom is -0.492 e. The molecule has 9 heteroatoms. The van der Waals surface area contributed by atoms with E-state index in [9.17, 15) is 9.59 Å². The van der Waals surface area contributed by atoms with Gasteiger partial charge in [0.15, 0.2) is 0 Å². The number of aromatic nitrogens is 1. The molecule has 2 aliphatic rings. The molecule has 3 aromatic rings. The average molecular weight is 524 g/mol. The lowest BCUT2D eigenvalue weighted by molar-refractivity contribution is 0.0966. The summed E-state index contributed by atoms with van der Waals surface area (Å²) < 4.78 is 6.02. The molecular weight excluding hydrogens is 490 g/mol. The highest BCUT2D eigenvalue weighted by Crippen LogP contribution is 2.41. The maximum Gasteiger partial charge on any atom is 0.314 e. The fourth-order valence-electron chi connectivity index (χ4n) is 5.17.